The Labute approximate surface area is 439 Å². The summed E-state index contributed by atoms with van der Waals surface area (Å²) in [6, 6.07) is 99.3. The van der Waals surface area contributed by atoms with E-state index in [0.29, 0.717) is 17.7 Å². The van der Waals surface area contributed by atoms with Gasteiger partial charge in [0, 0.05) is 27.1 Å². The fourth-order valence-electron chi connectivity index (χ4n) is 13.7. The fourth-order valence-corrected chi connectivity index (χ4v) is 13.7. The van der Waals surface area contributed by atoms with Crippen LogP contribution >= 0.6 is 0 Å². The molecule has 354 valence electrons. The molecule has 14 aromatic rings. The Kier molecular flexibility index (Phi) is 9.10. The maximum atomic E-state index is 5.67. The minimum atomic E-state index is -0.550. The Morgan fingerprint density at radius 3 is 1.01 bits per heavy atom. The summed E-state index contributed by atoms with van der Waals surface area (Å²) >= 11 is 0. The average molecular weight is 968 g/mol. The van der Waals surface area contributed by atoms with E-state index in [4.69, 9.17) is 15.0 Å². The Balaban J connectivity index is 0.992. The number of fused-ring (bicyclic) bond motifs is 14. The third-order valence-electron chi connectivity index (χ3n) is 16.6. The zero-order valence-electron chi connectivity index (χ0n) is 41.2. The van der Waals surface area contributed by atoms with E-state index in [9.17, 15) is 0 Å². The zero-order chi connectivity index (χ0) is 50.0. The highest BCUT2D eigenvalue weighted by Crippen LogP contribution is 2.60. The van der Waals surface area contributed by atoms with E-state index in [1.165, 1.54) is 77.5 Å². The third-order valence-corrected chi connectivity index (χ3v) is 16.6. The molecule has 16 rings (SSSR count). The second-order valence-electron chi connectivity index (χ2n) is 20.1. The molecule has 0 spiro atoms. The van der Waals surface area contributed by atoms with E-state index >= 15 is 0 Å². The summed E-state index contributed by atoms with van der Waals surface area (Å²) < 4.78 is 4.54. The molecular formula is C71H45N5. The first kappa shape index (κ1) is 42.5. The molecule has 2 aliphatic carbocycles. The minimum absolute atomic E-state index is 0.545. The first-order valence-electron chi connectivity index (χ1n) is 26.1. The third kappa shape index (κ3) is 5.66. The lowest BCUT2D eigenvalue weighted by Crippen LogP contribution is -2.28. The van der Waals surface area contributed by atoms with E-state index in [0.717, 1.165) is 38.4 Å². The molecule has 0 bridgehead atoms. The summed E-state index contributed by atoms with van der Waals surface area (Å²) in [5, 5.41) is 4.61. The highest BCUT2D eigenvalue weighted by molar-refractivity contribution is 6.20. The number of hydrogen-bond donors (Lipinski definition) is 0. The quantitative estimate of drug-likeness (QED) is 0.160. The lowest BCUT2D eigenvalue weighted by molar-refractivity contribution is 0.769. The second kappa shape index (κ2) is 16.3. The maximum absolute atomic E-state index is 5.67. The van der Waals surface area contributed by atoms with Gasteiger partial charge >= 0.3 is 0 Å². The molecule has 0 saturated carbocycles. The van der Waals surface area contributed by atoms with Crippen molar-refractivity contribution in [2.45, 2.75) is 10.8 Å². The van der Waals surface area contributed by atoms with Gasteiger partial charge in [0.15, 0.2) is 5.82 Å². The normalized spacial score (nSPS) is 13.7. The monoisotopic (exact) mass is 967 g/mol. The molecule has 0 aliphatic heterocycles. The van der Waals surface area contributed by atoms with Gasteiger partial charge in [-0.3, -0.25) is 9.13 Å². The van der Waals surface area contributed by atoms with Crippen LogP contribution < -0.4 is 0 Å². The van der Waals surface area contributed by atoms with Gasteiger partial charge in [0.25, 0.3) is 0 Å². The van der Waals surface area contributed by atoms with Crippen molar-refractivity contribution in [1.29, 1.82) is 0 Å². The van der Waals surface area contributed by atoms with Crippen LogP contribution in [0, 0.1) is 0 Å². The van der Waals surface area contributed by atoms with Gasteiger partial charge < -0.3 is 0 Å². The number of hydrogen-bond acceptors (Lipinski definition) is 3. The van der Waals surface area contributed by atoms with Gasteiger partial charge in [0.05, 0.1) is 32.9 Å². The van der Waals surface area contributed by atoms with Crippen molar-refractivity contribution in [2.75, 3.05) is 0 Å². The predicted molar refractivity (Wildman–Crippen MR) is 309 cm³/mol. The van der Waals surface area contributed by atoms with Gasteiger partial charge in [-0.1, -0.05) is 249 Å². The van der Waals surface area contributed by atoms with Crippen LogP contribution in [-0.2, 0) is 10.8 Å². The van der Waals surface area contributed by atoms with Crippen molar-refractivity contribution in [1.82, 2.24) is 24.1 Å². The van der Waals surface area contributed by atoms with Crippen molar-refractivity contribution >= 4 is 43.6 Å². The van der Waals surface area contributed by atoms with Crippen LogP contribution in [0.1, 0.15) is 44.5 Å². The molecule has 0 fully saturated rings. The molecule has 0 atom stereocenters. The van der Waals surface area contributed by atoms with Crippen LogP contribution in [0.3, 0.4) is 0 Å². The molecule has 5 heteroatoms. The molecule has 0 saturated heterocycles. The van der Waals surface area contributed by atoms with Crippen molar-refractivity contribution in [3.63, 3.8) is 0 Å². The van der Waals surface area contributed by atoms with Crippen LogP contribution in [0.15, 0.2) is 273 Å². The topological polar surface area (TPSA) is 48.5 Å². The van der Waals surface area contributed by atoms with Crippen LogP contribution in [0.5, 0.6) is 0 Å². The summed E-state index contributed by atoms with van der Waals surface area (Å²) in [6.45, 7) is 0. The molecule has 0 radical (unpaired) electrons. The molecular weight excluding hydrogens is 923 g/mol. The lowest BCUT2D eigenvalue weighted by atomic mass is 9.67. The van der Waals surface area contributed by atoms with Crippen molar-refractivity contribution < 1.29 is 0 Å². The number of aromatic nitrogens is 5. The van der Waals surface area contributed by atoms with Crippen LogP contribution in [0.4, 0.5) is 0 Å². The Morgan fingerprint density at radius 1 is 0.263 bits per heavy atom. The van der Waals surface area contributed by atoms with Crippen LogP contribution in [0.2, 0.25) is 0 Å². The van der Waals surface area contributed by atoms with Gasteiger partial charge in [-0.2, -0.15) is 15.0 Å². The van der Waals surface area contributed by atoms with Gasteiger partial charge in [0.1, 0.15) is 0 Å². The molecule has 76 heavy (non-hydrogen) atoms. The molecule has 3 aromatic heterocycles. The minimum Gasteiger partial charge on any atom is -0.278 e. The number of rotatable bonds is 7. The van der Waals surface area contributed by atoms with Crippen molar-refractivity contribution in [3.8, 4) is 45.5 Å². The summed E-state index contributed by atoms with van der Waals surface area (Å²) in [5.74, 6) is 1.68. The average Bonchev–Trinajstić information content (AvgIpc) is 4.41. The molecule has 11 aromatic carbocycles. The standard InChI is InChI=1S/C71H45N5/c1-6-24-46(25-7-1)67-72-68(75-59-40-22-18-36-53(59)65-61(75)44-42-57-63(65)51-34-16-20-38-55(51)70(57,47-26-8-2-9-27-47)48-28-10-3-11-29-48)74-69(73-67)76-60-41-23-19-37-54(60)66-62(76)45-43-58-64(66)52-35-17-21-39-56(52)71(58,49-30-12-4-13-31-49)50-32-14-5-15-33-50/h1-45H. The van der Waals surface area contributed by atoms with Gasteiger partial charge in [0.2, 0.25) is 11.9 Å². The van der Waals surface area contributed by atoms with Gasteiger partial charge in [-0.15, -0.1) is 0 Å². The first-order chi connectivity index (χ1) is 37.7. The zero-order valence-corrected chi connectivity index (χ0v) is 41.2. The van der Waals surface area contributed by atoms with Crippen molar-refractivity contribution in [2.24, 2.45) is 0 Å². The lowest BCUT2D eigenvalue weighted by Gasteiger charge is -2.33. The van der Waals surface area contributed by atoms with Gasteiger partial charge in [-0.05, 0) is 91.0 Å². The highest BCUT2D eigenvalue weighted by atomic mass is 15.3. The van der Waals surface area contributed by atoms with Gasteiger partial charge in [-0.25, -0.2) is 0 Å². The first-order valence-corrected chi connectivity index (χ1v) is 26.1. The summed E-state index contributed by atoms with van der Waals surface area (Å²) in [7, 11) is 0. The number of benzene rings is 11. The number of para-hydroxylation sites is 2. The largest absolute Gasteiger partial charge is 0.278 e. The molecule has 2 aliphatic rings. The molecule has 0 N–H and O–H groups in total. The molecule has 0 unspecified atom stereocenters. The van der Waals surface area contributed by atoms with Crippen molar-refractivity contribution in [3.05, 3.63) is 317 Å². The summed E-state index contributed by atoms with van der Waals surface area (Å²) in [4.78, 5) is 16.6. The van der Waals surface area contributed by atoms with E-state index in [2.05, 4.69) is 276 Å². The summed E-state index contributed by atoms with van der Waals surface area (Å²) in [6.07, 6.45) is 0. The summed E-state index contributed by atoms with van der Waals surface area (Å²) in [5.41, 5.74) is 18.8. The Bertz CT molecular complexity index is 4260. The Hall–Kier alpha value is -9.97. The van der Waals surface area contributed by atoms with E-state index in [1.54, 1.807) is 0 Å². The number of nitrogens with zero attached hydrogens (tertiary/aromatic N) is 5. The van der Waals surface area contributed by atoms with E-state index in [1.807, 2.05) is 6.07 Å². The molecule has 0 amide bonds. The predicted octanol–water partition coefficient (Wildman–Crippen LogP) is 16.5. The van der Waals surface area contributed by atoms with Crippen LogP contribution in [-0.4, -0.2) is 24.1 Å². The fraction of sp³-hybridized carbons (Fsp3) is 0.0282. The maximum Gasteiger partial charge on any atom is 0.240 e. The smallest absolute Gasteiger partial charge is 0.240 e. The van der Waals surface area contributed by atoms with E-state index in [-0.39, 0.29) is 0 Å². The van der Waals surface area contributed by atoms with E-state index < -0.39 is 10.8 Å². The second-order valence-corrected chi connectivity index (χ2v) is 20.1. The van der Waals surface area contributed by atoms with Crippen LogP contribution in [0.25, 0.3) is 89.2 Å². The highest BCUT2D eigenvalue weighted by Gasteiger charge is 2.49. The molecule has 3 heterocycles. The Morgan fingerprint density at radius 2 is 0.605 bits per heavy atom. The SMILES string of the molecule is c1ccc(-c2nc(-n3c4ccccc4c4c5c(ccc43)C(c3ccccc3)(c3ccccc3)c3ccccc3-5)nc(-n3c4ccccc4c4c5c(ccc43)C(c3ccccc3)(c3ccccc3)c3ccccc3-5)n2)cc1. The molecule has 5 nitrogen and oxygen atoms in total.